The van der Waals surface area contributed by atoms with Crippen molar-refractivity contribution in [1.82, 2.24) is 5.32 Å². The summed E-state index contributed by atoms with van der Waals surface area (Å²) in [6, 6.07) is 5.00. The second-order valence-electron chi connectivity index (χ2n) is 4.33. The van der Waals surface area contributed by atoms with Crippen LogP contribution in [0.25, 0.3) is 0 Å². The number of rotatable bonds is 6. The van der Waals surface area contributed by atoms with E-state index in [9.17, 15) is 13.2 Å². The molecule has 0 fully saturated rings. The average Bonchev–Trinajstić information content (AvgIpc) is 2.32. The van der Waals surface area contributed by atoms with Crippen LogP contribution in [0.4, 0.5) is 13.2 Å². The summed E-state index contributed by atoms with van der Waals surface area (Å²) in [5.74, 6) is 0. The monoisotopic (exact) mass is 405 g/mol. The zero-order valence-electron chi connectivity index (χ0n) is 10.5. The van der Waals surface area contributed by atoms with E-state index < -0.39 is 12.6 Å². The topological polar surface area (TPSA) is 12.0 Å². The fourth-order valence-corrected chi connectivity index (χ4v) is 2.67. The lowest BCUT2D eigenvalue weighted by Crippen LogP contribution is -2.24. The van der Waals surface area contributed by atoms with Gasteiger partial charge in [-0.25, -0.2) is 0 Å². The highest BCUT2D eigenvalue weighted by atomic mass is 127. The van der Waals surface area contributed by atoms with Gasteiger partial charge in [-0.1, -0.05) is 18.5 Å². The fourth-order valence-electron chi connectivity index (χ4n) is 1.78. The molecule has 0 radical (unpaired) electrons. The maximum absolute atomic E-state index is 12.4. The van der Waals surface area contributed by atoms with Crippen molar-refractivity contribution in [3.8, 4) is 0 Å². The van der Waals surface area contributed by atoms with E-state index in [0.717, 1.165) is 15.6 Å². The van der Waals surface area contributed by atoms with E-state index in [-0.39, 0.29) is 12.5 Å². The van der Waals surface area contributed by atoms with Crippen molar-refractivity contribution in [3.63, 3.8) is 0 Å². The Morgan fingerprint density at radius 2 is 2.05 bits per heavy atom. The Morgan fingerprint density at radius 3 is 2.63 bits per heavy atom. The first-order valence-corrected chi connectivity index (χ1v) is 7.54. The molecule has 108 valence electrons. The van der Waals surface area contributed by atoms with Gasteiger partial charge in [-0.15, -0.1) is 0 Å². The lowest BCUT2D eigenvalue weighted by molar-refractivity contribution is -0.136. The lowest BCUT2D eigenvalue weighted by atomic mass is 10.0. The van der Waals surface area contributed by atoms with E-state index in [1.54, 1.807) is 12.1 Å². The molecule has 19 heavy (non-hydrogen) atoms. The van der Waals surface area contributed by atoms with Crippen LogP contribution in [0.5, 0.6) is 0 Å². The molecule has 1 rings (SSSR count). The van der Waals surface area contributed by atoms with E-state index in [0.29, 0.717) is 11.6 Å². The minimum atomic E-state index is -4.13. The van der Waals surface area contributed by atoms with Crippen LogP contribution in [0.3, 0.4) is 0 Å². The Labute approximate surface area is 130 Å². The minimum absolute atomic E-state index is 0.0276. The number of nitrogens with one attached hydrogen (secondary N) is 1. The fraction of sp³-hybridized carbons (Fsp3) is 0.538. The highest BCUT2D eigenvalue weighted by Gasteiger charge is 2.29. The molecule has 1 N–H and O–H groups in total. The summed E-state index contributed by atoms with van der Waals surface area (Å²) in [6.07, 6.45) is -4.02. The Bertz CT molecular complexity index is 409. The minimum Gasteiger partial charge on any atom is -0.310 e. The summed E-state index contributed by atoms with van der Waals surface area (Å²) in [5, 5.41) is 3.71. The number of benzene rings is 1. The first-order valence-electron chi connectivity index (χ1n) is 6.08. The van der Waals surface area contributed by atoms with E-state index >= 15 is 0 Å². The molecule has 1 atom stereocenters. The molecule has 1 aromatic carbocycles. The molecular weight excluding hydrogens is 390 g/mol. The average molecular weight is 406 g/mol. The molecule has 0 saturated carbocycles. The van der Waals surface area contributed by atoms with Gasteiger partial charge in [0, 0.05) is 21.1 Å². The first-order chi connectivity index (χ1) is 8.83. The van der Waals surface area contributed by atoms with E-state index in [4.69, 9.17) is 11.6 Å². The molecule has 0 amide bonds. The van der Waals surface area contributed by atoms with Crippen LogP contribution >= 0.6 is 34.2 Å². The van der Waals surface area contributed by atoms with Crippen molar-refractivity contribution in [1.29, 1.82) is 0 Å². The Hall–Kier alpha value is -0.0100. The van der Waals surface area contributed by atoms with Crippen molar-refractivity contribution >= 4 is 34.2 Å². The van der Waals surface area contributed by atoms with Crippen LogP contribution in [0.1, 0.15) is 37.8 Å². The van der Waals surface area contributed by atoms with E-state index in [1.807, 2.05) is 13.0 Å². The van der Waals surface area contributed by atoms with Crippen LogP contribution in [-0.2, 0) is 0 Å². The molecule has 0 bridgehead atoms. The van der Waals surface area contributed by atoms with Gasteiger partial charge in [-0.05, 0) is 65.7 Å². The summed E-state index contributed by atoms with van der Waals surface area (Å²) in [7, 11) is 0. The maximum atomic E-state index is 12.4. The molecule has 0 aliphatic rings. The molecule has 1 nitrogen and oxygen atoms in total. The summed E-state index contributed by atoms with van der Waals surface area (Å²) >= 11 is 8.06. The quantitative estimate of drug-likeness (QED) is 0.631. The van der Waals surface area contributed by atoms with Gasteiger partial charge in [0.2, 0.25) is 0 Å². The molecule has 0 aliphatic heterocycles. The maximum Gasteiger partial charge on any atom is 0.389 e. The van der Waals surface area contributed by atoms with E-state index in [2.05, 4.69) is 27.9 Å². The van der Waals surface area contributed by atoms with Gasteiger partial charge in [-0.3, -0.25) is 0 Å². The molecule has 6 heteroatoms. The van der Waals surface area contributed by atoms with Crippen LogP contribution in [0.15, 0.2) is 18.2 Å². The third-order valence-corrected chi connectivity index (χ3v) is 3.91. The van der Waals surface area contributed by atoms with Crippen molar-refractivity contribution < 1.29 is 13.2 Å². The summed E-state index contributed by atoms with van der Waals surface area (Å²) in [5.41, 5.74) is 0.839. The second kappa shape index (κ2) is 7.69. The summed E-state index contributed by atoms with van der Waals surface area (Å²) < 4.78 is 38.1. The second-order valence-corrected chi connectivity index (χ2v) is 5.93. The van der Waals surface area contributed by atoms with Crippen molar-refractivity contribution in [2.75, 3.05) is 6.54 Å². The van der Waals surface area contributed by atoms with Gasteiger partial charge in [0.05, 0.1) is 0 Å². The molecule has 0 heterocycles. The van der Waals surface area contributed by atoms with E-state index in [1.165, 1.54) is 0 Å². The summed E-state index contributed by atoms with van der Waals surface area (Å²) in [6.45, 7) is 2.67. The Morgan fingerprint density at radius 1 is 1.37 bits per heavy atom. The van der Waals surface area contributed by atoms with Crippen LogP contribution < -0.4 is 5.32 Å². The largest absolute Gasteiger partial charge is 0.389 e. The van der Waals surface area contributed by atoms with Crippen LogP contribution in [-0.4, -0.2) is 12.7 Å². The van der Waals surface area contributed by atoms with Gasteiger partial charge in [0.1, 0.15) is 0 Å². The van der Waals surface area contributed by atoms with Gasteiger partial charge in [0.15, 0.2) is 0 Å². The first kappa shape index (κ1) is 17.0. The highest BCUT2D eigenvalue weighted by Crippen LogP contribution is 2.31. The number of alkyl halides is 3. The molecule has 1 aromatic rings. The Kier molecular flexibility index (Phi) is 6.90. The highest BCUT2D eigenvalue weighted by molar-refractivity contribution is 14.1. The molecule has 0 spiro atoms. The molecule has 1 unspecified atom stereocenters. The number of hydrogen-bond donors (Lipinski definition) is 1. The molecule has 0 aromatic heterocycles. The summed E-state index contributed by atoms with van der Waals surface area (Å²) in [4.78, 5) is 0. The van der Waals surface area contributed by atoms with Gasteiger partial charge in [-0.2, -0.15) is 13.2 Å². The standard InChI is InChI=1S/C13H16ClF3IN/c1-2-7-19-12(5-6-13(15,16)17)10-8-9(14)3-4-11(10)18/h3-4,8,12,19H,2,5-7H2,1H3. The predicted octanol–water partition coefficient (Wildman–Crippen LogP) is 5.33. The smallest absolute Gasteiger partial charge is 0.310 e. The van der Waals surface area contributed by atoms with Crippen molar-refractivity contribution in [2.45, 2.75) is 38.4 Å². The van der Waals surface area contributed by atoms with Gasteiger partial charge in [0.25, 0.3) is 0 Å². The van der Waals surface area contributed by atoms with Crippen LogP contribution in [0.2, 0.25) is 5.02 Å². The number of hydrogen-bond acceptors (Lipinski definition) is 1. The SMILES string of the molecule is CCCNC(CCC(F)(F)F)c1cc(Cl)ccc1I. The van der Waals surface area contributed by atoms with Gasteiger partial charge >= 0.3 is 6.18 Å². The molecule has 0 aliphatic carbocycles. The van der Waals surface area contributed by atoms with Crippen LogP contribution in [0, 0.1) is 3.57 Å². The van der Waals surface area contributed by atoms with Gasteiger partial charge < -0.3 is 5.32 Å². The predicted molar refractivity (Wildman–Crippen MR) is 80.5 cm³/mol. The molecule has 0 saturated heterocycles. The zero-order valence-corrected chi connectivity index (χ0v) is 13.4. The third kappa shape index (κ3) is 6.31. The lowest BCUT2D eigenvalue weighted by Gasteiger charge is -2.21. The normalized spacial score (nSPS) is 13.6. The Balaban J connectivity index is 2.85. The van der Waals surface area contributed by atoms with Crippen molar-refractivity contribution in [3.05, 3.63) is 32.4 Å². The zero-order chi connectivity index (χ0) is 14.5. The number of halogens is 5. The molecular formula is C13H16ClF3IN. The third-order valence-electron chi connectivity index (χ3n) is 2.69. The van der Waals surface area contributed by atoms with Crippen molar-refractivity contribution in [2.24, 2.45) is 0 Å².